The fraction of sp³-hybridized carbons (Fsp3) is 0.481. The lowest BCUT2D eigenvalue weighted by molar-refractivity contribution is -0.126. The molecule has 8 heteroatoms. The van der Waals surface area contributed by atoms with Crippen LogP contribution in [0.2, 0.25) is 0 Å². The van der Waals surface area contributed by atoms with E-state index in [1.165, 1.54) is 22.7 Å². The minimum Gasteiger partial charge on any atom is -0.356 e. The smallest absolute Gasteiger partial charge is 0.248 e. The van der Waals surface area contributed by atoms with E-state index in [0.29, 0.717) is 38.2 Å². The number of carbonyl (C=O) groups excluding carboxylic acids is 1. The first-order valence-electron chi connectivity index (χ1n) is 12.5. The minimum absolute atomic E-state index is 0.0290. The van der Waals surface area contributed by atoms with E-state index in [2.05, 4.69) is 16.5 Å². The Hall–Kier alpha value is -2.71. The summed E-state index contributed by atoms with van der Waals surface area (Å²) in [5, 5.41) is 6.97. The quantitative estimate of drug-likeness (QED) is 0.525. The van der Waals surface area contributed by atoms with Gasteiger partial charge in [-0.2, -0.15) is 4.31 Å². The molecular formula is C27H35N3O4S. The number of carbonyl (C=O) groups is 1. The second-order valence-corrected chi connectivity index (χ2v) is 11.4. The van der Waals surface area contributed by atoms with Gasteiger partial charge in [0.1, 0.15) is 5.69 Å². The maximum Gasteiger partial charge on any atom is 0.248 e. The number of hydrogen-bond acceptors (Lipinski definition) is 5. The highest BCUT2D eigenvalue weighted by Crippen LogP contribution is 2.29. The van der Waals surface area contributed by atoms with Gasteiger partial charge in [-0.3, -0.25) is 4.79 Å². The SMILES string of the molecule is Cc1ccc(/C=C/c2onc(C)c2S(=O)(=O)N2CCC(C(=O)NCCC3=CCCCC3)CC2)cc1. The van der Waals surface area contributed by atoms with Crippen molar-refractivity contribution in [2.24, 2.45) is 5.92 Å². The molecule has 1 aromatic heterocycles. The molecule has 1 aliphatic heterocycles. The molecule has 0 atom stereocenters. The number of sulfonamides is 1. The van der Waals surface area contributed by atoms with Crippen LogP contribution < -0.4 is 5.32 Å². The molecule has 4 rings (SSSR count). The molecule has 1 saturated heterocycles. The first-order valence-corrected chi connectivity index (χ1v) is 14.0. The lowest BCUT2D eigenvalue weighted by Gasteiger charge is -2.30. The summed E-state index contributed by atoms with van der Waals surface area (Å²) in [6, 6.07) is 7.92. The van der Waals surface area contributed by atoms with Crippen LogP contribution >= 0.6 is 0 Å². The number of nitrogens with zero attached hydrogens (tertiary/aromatic N) is 2. The zero-order valence-corrected chi connectivity index (χ0v) is 21.4. The Labute approximate surface area is 208 Å². The molecule has 1 fully saturated rings. The number of rotatable bonds is 8. The summed E-state index contributed by atoms with van der Waals surface area (Å²) in [6.07, 6.45) is 12.5. The van der Waals surface area contributed by atoms with E-state index in [1.54, 1.807) is 13.0 Å². The van der Waals surface area contributed by atoms with E-state index in [1.807, 2.05) is 37.3 Å². The average molecular weight is 498 g/mol. The van der Waals surface area contributed by atoms with Crippen LogP contribution in [0, 0.1) is 19.8 Å². The van der Waals surface area contributed by atoms with Crippen LogP contribution in [-0.2, 0) is 14.8 Å². The summed E-state index contributed by atoms with van der Waals surface area (Å²) in [5.74, 6) is 0.0903. The number of hydrogen-bond donors (Lipinski definition) is 1. The van der Waals surface area contributed by atoms with Gasteiger partial charge in [0.2, 0.25) is 15.9 Å². The predicted molar refractivity (Wildman–Crippen MR) is 137 cm³/mol. The Balaban J connectivity index is 1.35. The normalized spacial score (nSPS) is 18.1. The van der Waals surface area contributed by atoms with Crippen molar-refractivity contribution in [3.63, 3.8) is 0 Å². The third kappa shape index (κ3) is 6.30. The summed E-state index contributed by atoms with van der Waals surface area (Å²) >= 11 is 0. The Bertz CT molecular complexity index is 1190. The standard InChI is InChI=1S/C27H35N3O4S/c1-20-8-10-23(11-9-20)12-13-25-26(21(2)29-34-25)35(32,33)30-18-15-24(16-19-30)27(31)28-17-14-22-6-4-3-5-7-22/h6,8-13,24H,3-5,7,14-19H2,1-2H3,(H,28,31)/b13-12+. The fourth-order valence-electron chi connectivity index (χ4n) is 4.76. The maximum absolute atomic E-state index is 13.5. The van der Waals surface area contributed by atoms with Crippen molar-refractivity contribution < 1.29 is 17.7 Å². The molecule has 1 aromatic carbocycles. The van der Waals surface area contributed by atoms with Crippen molar-refractivity contribution in [3.05, 3.63) is 58.5 Å². The number of benzene rings is 1. The molecule has 0 bridgehead atoms. The topological polar surface area (TPSA) is 92.5 Å². The van der Waals surface area contributed by atoms with Crippen LogP contribution in [0.4, 0.5) is 0 Å². The molecule has 1 aliphatic carbocycles. The van der Waals surface area contributed by atoms with Crippen LogP contribution in [0.15, 0.2) is 45.3 Å². The van der Waals surface area contributed by atoms with Gasteiger partial charge in [0, 0.05) is 25.6 Å². The molecule has 1 amide bonds. The van der Waals surface area contributed by atoms with Gasteiger partial charge in [-0.1, -0.05) is 52.7 Å². The van der Waals surface area contributed by atoms with Crippen molar-refractivity contribution in [2.75, 3.05) is 19.6 Å². The van der Waals surface area contributed by atoms with Crippen LogP contribution in [0.5, 0.6) is 0 Å². The Kier molecular flexibility index (Phi) is 8.23. The highest BCUT2D eigenvalue weighted by atomic mass is 32.2. The number of aromatic nitrogens is 1. The third-order valence-corrected chi connectivity index (χ3v) is 8.95. The molecular weight excluding hydrogens is 462 g/mol. The monoisotopic (exact) mass is 497 g/mol. The van der Waals surface area contributed by atoms with Gasteiger partial charge in [-0.15, -0.1) is 0 Å². The van der Waals surface area contributed by atoms with Gasteiger partial charge in [-0.25, -0.2) is 8.42 Å². The van der Waals surface area contributed by atoms with Gasteiger partial charge >= 0.3 is 0 Å². The van der Waals surface area contributed by atoms with E-state index in [-0.39, 0.29) is 22.5 Å². The van der Waals surface area contributed by atoms with Crippen molar-refractivity contribution in [3.8, 4) is 0 Å². The van der Waals surface area contributed by atoms with E-state index in [0.717, 1.165) is 30.4 Å². The second-order valence-electron chi connectivity index (χ2n) is 9.53. The van der Waals surface area contributed by atoms with Gasteiger partial charge < -0.3 is 9.84 Å². The lowest BCUT2D eigenvalue weighted by atomic mass is 9.96. The number of amides is 1. The molecule has 35 heavy (non-hydrogen) atoms. The summed E-state index contributed by atoms with van der Waals surface area (Å²) in [4.78, 5) is 12.7. The van der Waals surface area contributed by atoms with Crippen LogP contribution in [0.3, 0.4) is 0 Å². The van der Waals surface area contributed by atoms with Crippen molar-refractivity contribution >= 4 is 28.1 Å². The molecule has 7 nitrogen and oxygen atoms in total. The summed E-state index contributed by atoms with van der Waals surface area (Å²) in [5.41, 5.74) is 3.87. The van der Waals surface area contributed by atoms with Gasteiger partial charge in [0.25, 0.3) is 0 Å². The Morgan fingerprint density at radius 3 is 2.57 bits per heavy atom. The van der Waals surface area contributed by atoms with Crippen molar-refractivity contribution in [2.45, 2.75) is 63.7 Å². The Morgan fingerprint density at radius 1 is 1.14 bits per heavy atom. The number of allylic oxidation sites excluding steroid dienone is 1. The molecule has 1 N–H and O–H groups in total. The molecule has 2 aliphatic rings. The highest BCUT2D eigenvalue weighted by Gasteiger charge is 2.35. The van der Waals surface area contributed by atoms with E-state index in [9.17, 15) is 13.2 Å². The van der Waals surface area contributed by atoms with Crippen LogP contribution in [0.25, 0.3) is 12.2 Å². The molecule has 2 heterocycles. The second kappa shape index (κ2) is 11.4. The van der Waals surface area contributed by atoms with E-state index in [4.69, 9.17) is 4.52 Å². The largest absolute Gasteiger partial charge is 0.356 e. The van der Waals surface area contributed by atoms with E-state index >= 15 is 0 Å². The lowest BCUT2D eigenvalue weighted by Crippen LogP contribution is -2.43. The van der Waals surface area contributed by atoms with Crippen molar-refractivity contribution in [1.29, 1.82) is 0 Å². The molecule has 0 saturated carbocycles. The third-order valence-electron chi connectivity index (χ3n) is 6.89. The minimum atomic E-state index is -3.79. The van der Waals surface area contributed by atoms with Gasteiger partial charge in [0.15, 0.2) is 10.7 Å². The molecule has 188 valence electrons. The number of piperidine rings is 1. The molecule has 0 spiro atoms. The summed E-state index contributed by atoms with van der Waals surface area (Å²) in [7, 11) is -3.79. The van der Waals surface area contributed by atoms with Gasteiger partial charge in [0.05, 0.1) is 0 Å². The highest BCUT2D eigenvalue weighted by molar-refractivity contribution is 7.89. The van der Waals surface area contributed by atoms with Crippen LogP contribution in [-0.4, -0.2) is 43.4 Å². The summed E-state index contributed by atoms with van der Waals surface area (Å²) < 4.78 is 33.7. The predicted octanol–water partition coefficient (Wildman–Crippen LogP) is 4.87. The Morgan fingerprint density at radius 2 is 1.89 bits per heavy atom. The molecule has 0 radical (unpaired) electrons. The van der Waals surface area contributed by atoms with Crippen molar-refractivity contribution in [1.82, 2.24) is 14.8 Å². The first kappa shape index (κ1) is 25.4. The van der Waals surface area contributed by atoms with Gasteiger partial charge in [-0.05, 0) is 70.4 Å². The van der Waals surface area contributed by atoms with E-state index < -0.39 is 10.0 Å². The maximum atomic E-state index is 13.5. The number of nitrogens with one attached hydrogen (secondary N) is 1. The summed E-state index contributed by atoms with van der Waals surface area (Å²) in [6.45, 7) is 4.91. The molecule has 2 aromatic rings. The zero-order chi connectivity index (χ0) is 24.8. The number of aryl methyl sites for hydroxylation is 2. The first-order chi connectivity index (χ1) is 16.8. The fourth-order valence-corrected chi connectivity index (χ4v) is 6.48. The zero-order valence-electron chi connectivity index (χ0n) is 20.6. The molecule has 0 unspecified atom stereocenters. The van der Waals surface area contributed by atoms with Crippen LogP contribution in [0.1, 0.15) is 67.5 Å². The average Bonchev–Trinajstić information content (AvgIpc) is 3.25.